The Morgan fingerprint density at radius 1 is 0.980 bits per heavy atom. The minimum Gasteiger partial charge on any atom is -0.449 e. The van der Waals surface area contributed by atoms with E-state index in [1.807, 2.05) is 74.0 Å². The molecule has 50 heavy (non-hydrogen) atoms. The monoisotopic (exact) mass is 716 g/mol. The van der Waals surface area contributed by atoms with Gasteiger partial charge in [-0.15, -0.1) is 0 Å². The highest BCUT2D eigenvalue weighted by Crippen LogP contribution is 2.34. The number of nitrogens with one attached hydrogen (secondary N) is 2. The van der Waals surface area contributed by atoms with E-state index in [4.69, 9.17) is 26.7 Å². The van der Waals surface area contributed by atoms with E-state index >= 15 is 0 Å². The van der Waals surface area contributed by atoms with Crippen LogP contribution in [-0.2, 0) is 34.6 Å². The highest BCUT2D eigenvalue weighted by molar-refractivity contribution is 7.93. The van der Waals surface area contributed by atoms with Crippen molar-refractivity contribution in [2.45, 2.75) is 45.4 Å². The molecule has 1 aromatic heterocycles. The second kappa shape index (κ2) is 16.1. The molecule has 2 N–H and O–H groups in total. The molecule has 1 heterocycles. The molecule has 0 aliphatic rings. The normalized spacial score (nSPS) is 11.8. The molecule has 0 fully saturated rings. The lowest BCUT2D eigenvalue weighted by Crippen LogP contribution is -2.39. The number of ether oxygens (including phenoxy) is 1. The molecular weight excluding hydrogens is 672 g/mol. The molecule has 10 nitrogen and oxygen atoms in total. The molecule has 0 aliphatic heterocycles. The lowest BCUT2D eigenvalue weighted by atomic mass is 10.1. The fraction of sp³-hybridized carbons (Fsp3) is 0.342. The van der Waals surface area contributed by atoms with Crippen LogP contribution < -0.4 is 9.62 Å². The van der Waals surface area contributed by atoms with E-state index < -0.39 is 16.1 Å². The summed E-state index contributed by atoms with van der Waals surface area (Å²) in [6.07, 6.45) is 0.712. The molecule has 0 saturated heterocycles. The quantitative estimate of drug-likeness (QED) is 0.0913. The van der Waals surface area contributed by atoms with Crippen LogP contribution in [0.2, 0.25) is 5.02 Å². The second-order valence-electron chi connectivity index (χ2n) is 12.6. The van der Waals surface area contributed by atoms with E-state index in [0.717, 1.165) is 35.4 Å². The van der Waals surface area contributed by atoms with Gasteiger partial charge in [-0.2, -0.15) is 0 Å². The van der Waals surface area contributed by atoms with Gasteiger partial charge in [0, 0.05) is 42.5 Å². The van der Waals surface area contributed by atoms with Crippen LogP contribution in [0.15, 0.2) is 83.8 Å². The number of carbonyl (C=O) groups is 1. The smallest absolute Gasteiger partial charge is 0.412 e. The van der Waals surface area contributed by atoms with Gasteiger partial charge in [0.25, 0.3) is 10.0 Å². The Bertz CT molecular complexity index is 2090. The number of hydrogen-bond acceptors (Lipinski definition) is 7. The Kier molecular flexibility index (Phi) is 11.8. The molecule has 0 aliphatic carbocycles. The third kappa shape index (κ3) is 8.29. The minimum absolute atomic E-state index is 0.0202. The Labute approximate surface area is 299 Å². The number of amidine groups is 1. The van der Waals surface area contributed by atoms with Crippen molar-refractivity contribution in [2.75, 3.05) is 37.1 Å². The molecule has 1 amide bonds. The number of fused-ring (bicyclic) bond motifs is 2. The van der Waals surface area contributed by atoms with Gasteiger partial charge in [0.2, 0.25) is 0 Å². The third-order valence-electron chi connectivity index (χ3n) is 8.80. The van der Waals surface area contributed by atoms with Crippen molar-refractivity contribution in [3.8, 4) is 0 Å². The van der Waals surface area contributed by atoms with Crippen LogP contribution in [0.4, 0.5) is 10.5 Å². The topological polar surface area (TPSA) is 121 Å². The predicted molar refractivity (Wildman–Crippen MR) is 202 cm³/mol. The Balaban J connectivity index is 1.38. The van der Waals surface area contributed by atoms with Crippen molar-refractivity contribution < 1.29 is 17.9 Å². The summed E-state index contributed by atoms with van der Waals surface area (Å²) < 4.78 is 37.7. The highest BCUT2D eigenvalue weighted by atomic mass is 35.5. The summed E-state index contributed by atoms with van der Waals surface area (Å²) >= 11 is 6.59. The zero-order valence-corrected chi connectivity index (χ0v) is 30.8. The first-order valence-electron chi connectivity index (χ1n) is 16.9. The molecule has 5 rings (SSSR count). The first-order valence-corrected chi connectivity index (χ1v) is 18.7. The van der Waals surface area contributed by atoms with Gasteiger partial charge < -0.3 is 14.2 Å². The van der Waals surface area contributed by atoms with Crippen LogP contribution in [0, 0.1) is 11.3 Å². The summed E-state index contributed by atoms with van der Waals surface area (Å²) in [4.78, 5) is 19.3. The van der Waals surface area contributed by atoms with E-state index in [-0.39, 0.29) is 29.8 Å². The number of sulfonamides is 1. The number of nitrogens with zero attached hydrogens (tertiary/aromatic N) is 4. The number of anilines is 1. The lowest BCUT2D eigenvalue weighted by Gasteiger charge is -2.28. The van der Waals surface area contributed by atoms with Gasteiger partial charge in [-0.1, -0.05) is 87.8 Å². The fourth-order valence-corrected chi connectivity index (χ4v) is 7.95. The summed E-state index contributed by atoms with van der Waals surface area (Å²) in [5.74, 6) is 1.05. The van der Waals surface area contributed by atoms with Gasteiger partial charge in [0.05, 0.1) is 28.2 Å². The average Bonchev–Trinajstić information content (AvgIpc) is 3.42. The predicted octanol–water partition coefficient (Wildman–Crippen LogP) is 7.41. The molecule has 0 unspecified atom stereocenters. The number of hydrogen-bond donors (Lipinski definition) is 2. The zero-order chi connectivity index (χ0) is 36.0. The van der Waals surface area contributed by atoms with Gasteiger partial charge >= 0.3 is 6.09 Å². The first kappa shape index (κ1) is 36.8. The highest BCUT2D eigenvalue weighted by Gasteiger charge is 2.28. The number of aryl methyl sites for hydroxylation is 3. The molecule has 0 radical (unpaired) electrons. The van der Waals surface area contributed by atoms with Gasteiger partial charge in [0.1, 0.15) is 11.7 Å². The number of benzene rings is 4. The van der Waals surface area contributed by atoms with E-state index in [1.165, 1.54) is 4.31 Å². The second-order valence-corrected chi connectivity index (χ2v) is 14.9. The maximum Gasteiger partial charge on any atom is 0.412 e. The summed E-state index contributed by atoms with van der Waals surface area (Å²) in [5, 5.41) is 12.3. The molecule has 264 valence electrons. The average molecular weight is 717 g/mol. The number of halogens is 1. The van der Waals surface area contributed by atoms with Crippen molar-refractivity contribution in [3.05, 3.63) is 101 Å². The molecule has 0 bridgehead atoms. The number of amides is 1. The molecule has 4 aromatic carbocycles. The van der Waals surface area contributed by atoms with Crippen molar-refractivity contribution >= 4 is 61.0 Å². The van der Waals surface area contributed by atoms with E-state index in [1.54, 1.807) is 30.3 Å². The molecule has 12 heteroatoms. The van der Waals surface area contributed by atoms with E-state index in [9.17, 15) is 13.2 Å². The van der Waals surface area contributed by atoms with Crippen LogP contribution in [0.5, 0.6) is 0 Å². The molecule has 0 saturated carbocycles. The maximum absolute atomic E-state index is 14.5. The fourth-order valence-electron chi connectivity index (χ4n) is 5.92. The largest absolute Gasteiger partial charge is 0.449 e. The van der Waals surface area contributed by atoms with Crippen molar-refractivity contribution in [3.63, 3.8) is 0 Å². The van der Waals surface area contributed by atoms with Crippen LogP contribution >= 0.6 is 11.6 Å². The van der Waals surface area contributed by atoms with E-state index in [2.05, 4.69) is 24.1 Å². The van der Waals surface area contributed by atoms with Gasteiger partial charge in [-0.05, 0) is 66.7 Å². The van der Waals surface area contributed by atoms with Gasteiger partial charge in [-0.3, -0.25) is 15.0 Å². The van der Waals surface area contributed by atoms with Gasteiger partial charge in [-0.25, -0.2) is 18.2 Å². The number of aromatic nitrogens is 2. The van der Waals surface area contributed by atoms with Crippen LogP contribution in [-0.4, -0.2) is 67.6 Å². The summed E-state index contributed by atoms with van der Waals surface area (Å²) in [6.45, 7) is 10.8. The zero-order valence-electron chi connectivity index (χ0n) is 29.2. The summed E-state index contributed by atoms with van der Waals surface area (Å²) in [6, 6.07) is 23.8. The first-order chi connectivity index (χ1) is 23.9. The number of rotatable bonds is 14. The molecule has 0 spiro atoms. The van der Waals surface area contributed by atoms with Gasteiger partial charge in [0.15, 0.2) is 0 Å². The lowest BCUT2D eigenvalue weighted by molar-refractivity contribution is 0.138. The Hall–Kier alpha value is -4.45. The third-order valence-corrected chi connectivity index (χ3v) is 11.0. The number of likely N-dealkylation sites (N-methyl/N-ethyl adjacent to an activating group) is 1. The Morgan fingerprint density at radius 3 is 2.36 bits per heavy atom. The van der Waals surface area contributed by atoms with Crippen LogP contribution in [0.25, 0.3) is 21.8 Å². The summed E-state index contributed by atoms with van der Waals surface area (Å²) in [7, 11) is -2.05. The van der Waals surface area contributed by atoms with E-state index in [0.29, 0.717) is 46.6 Å². The van der Waals surface area contributed by atoms with Crippen molar-refractivity contribution in [2.24, 2.45) is 13.0 Å². The number of alkyl carbamates (subject to hydrolysis) is 1. The Morgan fingerprint density at radius 2 is 1.68 bits per heavy atom. The molecule has 0 atom stereocenters. The van der Waals surface area contributed by atoms with Crippen molar-refractivity contribution in [1.29, 1.82) is 5.41 Å². The number of imidazole rings is 1. The summed E-state index contributed by atoms with van der Waals surface area (Å²) in [5.41, 5.74) is 3.78. The van der Waals surface area contributed by atoms with Crippen LogP contribution in [0.3, 0.4) is 0 Å². The maximum atomic E-state index is 14.5. The number of carbonyl (C=O) groups excluding carboxylic acids is 1. The van der Waals surface area contributed by atoms with Crippen molar-refractivity contribution in [1.82, 2.24) is 19.8 Å². The SMILES string of the molecule is CCN(CC)CCN(c1ccc2c(c1)nc(CCc1ccc(C(=N)NC(=O)OCC(C)C)cc1)n2C)S(=O)(=O)c1cccc2cccc(Cl)c12. The minimum atomic E-state index is -4.01. The molecule has 5 aromatic rings. The molecular formula is C38H45ClN6O4S. The standard InChI is InChI=1S/C38H45ClN6O4S/c1-6-44(7-2)22-23-45(50(47,48)34-13-9-11-28-10-8-12-31(39)36(28)34)30-19-20-33-32(24-30)41-35(43(33)5)21-16-27-14-17-29(18-15-27)37(40)42-38(46)49-25-26(3)4/h8-15,17-20,24,26H,6-7,16,21-23,25H2,1-5H3,(H2,40,42,46). The van der Waals surface area contributed by atoms with Crippen LogP contribution in [0.1, 0.15) is 44.6 Å².